The number of ether oxygens (including phenoxy) is 1. The minimum absolute atomic E-state index is 0.0510. The Bertz CT molecular complexity index is 612. The van der Waals surface area contributed by atoms with Crippen molar-refractivity contribution in [3.63, 3.8) is 0 Å². The summed E-state index contributed by atoms with van der Waals surface area (Å²) < 4.78 is 5.50. The van der Waals surface area contributed by atoms with Gasteiger partial charge in [-0.1, -0.05) is 12.1 Å². The van der Waals surface area contributed by atoms with Crippen molar-refractivity contribution in [2.75, 3.05) is 13.2 Å². The Morgan fingerprint density at radius 3 is 2.82 bits per heavy atom. The molecule has 0 saturated carbocycles. The zero-order valence-corrected chi connectivity index (χ0v) is 13.1. The van der Waals surface area contributed by atoms with Crippen molar-refractivity contribution < 1.29 is 9.53 Å². The average molecular weight is 298 g/mol. The maximum Gasteiger partial charge on any atom is 0.257 e. The van der Waals surface area contributed by atoms with Crippen molar-refractivity contribution in [3.05, 3.63) is 59.4 Å². The molecule has 0 fully saturated rings. The highest BCUT2D eigenvalue weighted by molar-refractivity contribution is 5.77. The summed E-state index contributed by atoms with van der Waals surface area (Å²) in [6.07, 6.45) is 5.41. The molecule has 1 amide bonds. The van der Waals surface area contributed by atoms with Gasteiger partial charge in [0.25, 0.3) is 5.91 Å². The quantitative estimate of drug-likeness (QED) is 0.800. The van der Waals surface area contributed by atoms with Crippen molar-refractivity contribution in [2.45, 2.75) is 26.7 Å². The second kappa shape index (κ2) is 8.17. The molecular formula is C18H22N2O2. The lowest BCUT2D eigenvalue weighted by Crippen LogP contribution is -2.29. The van der Waals surface area contributed by atoms with Gasteiger partial charge in [-0.15, -0.1) is 0 Å². The van der Waals surface area contributed by atoms with Gasteiger partial charge < -0.3 is 10.1 Å². The molecule has 1 heterocycles. The molecule has 0 aliphatic rings. The van der Waals surface area contributed by atoms with Crippen LogP contribution in [0.3, 0.4) is 0 Å². The molecule has 0 aliphatic carbocycles. The number of nitrogens with zero attached hydrogens (tertiary/aromatic N) is 1. The molecule has 0 atom stereocenters. The van der Waals surface area contributed by atoms with Gasteiger partial charge in [0.05, 0.1) is 0 Å². The van der Waals surface area contributed by atoms with Crippen LogP contribution in [0.25, 0.3) is 0 Å². The first-order valence-electron chi connectivity index (χ1n) is 7.51. The van der Waals surface area contributed by atoms with Crippen LogP contribution >= 0.6 is 0 Å². The lowest BCUT2D eigenvalue weighted by Gasteiger charge is -2.09. The SMILES string of the molecule is Cc1ccc(OCC(=O)NCCCc2cccnc2)cc1C. The second-order valence-electron chi connectivity index (χ2n) is 5.35. The molecule has 0 aliphatic heterocycles. The molecule has 22 heavy (non-hydrogen) atoms. The lowest BCUT2D eigenvalue weighted by molar-refractivity contribution is -0.123. The fourth-order valence-corrected chi connectivity index (χ4v) is 2.07. The average Bonchev–Trinajstić information content (AvgIpc) is 2.54. The second-order valence-corrected chi connectivity index (χ2v) is 5.35. The number of pyridine rings is 1. The van der Waals surface area contributed by atoms with E-state index in [0.29, 0.717) is 6.54 Å². The predicted molar refractivity (Wildman–Crippen MR) is 87.0 cm³/mol. The zero-order chi connectivity index (χ0) is 15.8. The minimum Gasteiger partial charge on any atom is -0.484 e. The third kappa shape index (κ3) is 5.20. The van der Waals surface area contributed by atoms with Crippen LogP contribution in [0, 0.1) is 13.8 Å². The van der Waals surface area contributed by atoms with E-state index in [2.05, 4.69) is 10.3 Å². The van der Waals surface area contributed by atoms with E-state index in [1.54, 1.807) is 6.20 Å². The number of hydrogen-bond acceptors (Lipinski definition) is 3. The minimum atomic E-state index is -0.0931. The Kier molecular flexibility index (Phi) is 5.95. The van der Waals surface area contributed by atoms with Crippen LogP contribution in [0.2, 0.25) is 0 Å². The van der Waals surface area contributed by atoms with Gasteiger partial charge in [0.1, 0.15) is 5.75 Å². The smallest absolute Gasteiger partial charge is 0.257 e. The summed E-state index contributed by atoms with van der Waals surface area (Å²) in [4.78, 5) is 15.8. The van der Waals surface area contributed by atoms with E-state index in [0.717, 1.165) is 24.2 Å². The number of aromatic nitrogens is 1. The summed E-state index contributed by atoms with van der Waals surface area (Å²) in [6.45, 7) is 4.77. The van der Waals surface area contributed by atoms with Crippen molar-refractivity contribution in [3.8, 4) is 5.75 Å². The maximum absolute atomic E-state index is 11.7. The summed E-state index contributed by atoms with van der Waals surface area (Å²) in [5, 5.41) is 2.86. The topological polar surface area (TPSA) is 51.2 Å². The molecule has 0 bridgehead atoms. The number of rotatable bonds is 7. The van der Waals surface area contributed by atoms with E-state index < -0.39 is 0 Å². The molecule has 116 valence electrons. The van der Waals surface area contributed by atoms with Gasteiger partial charge in [-0.2, -0.15) is 0 Å². The van der Waals surface area contributed by atoms with E-state index in [9.17, 15) is 4.79 Å². The predicted octanol–water partition coefficient (Wildman–Crippen LogP) is 2.83. The summed E-state index contributed by atoms with van der Waals surface area (Å²) >= 11 is 0. The Morgan fingerprint density at radius 2 is 2.09 bits per heavy atom. The fraction of sp³-hybridized carbons (Fsp3) is 0.333. The van der Waals surface area contributed by atoms with Crippen LogP contribution < -0.4 is 10.1 Å². The van der Waals surface area contributed by atoms with E-state index in [1.165, 1.54) is 11.1 Å². The van der Waals surface area contributed by atoms with Crippen LogP contribution in [0.4, 0.5) is 0 Å². The number of carbonyl (C=O) groups is 1. The van der Waals surface area contributed by atoms with Crippen LogP contribution in [0.15, 0.2) is 42.7 Å². The van der Waals surface area contributed by atoms with E-state index >= 15 is 0 Å². The number of hydrogen-bond donors (Lipinski definition) is 1. The van der Waals surface area contributed by atoms with Crippen LogP contribution in [-0.2, 0) is 11.2 Å². The van der Waals surface area contributed by atoms with E-state index in [1.807, 2.05) is 50.4 Å². The van der Waals surface area contributed by atoms with Crippen LogP contribution in [0.1, 0.15) is 23.1 Å². The molecular weight excluding hydrogens is 276 g/mol. The fourth-order valence-electron chi connectivity index (χ4n) is 2.07. The molecule has 2 aromatic rings. The van der Waals surface area contributed by atoms with Gasteiger partial charge >= 0.3 is 0 Å². The van der Waals surface area contributed by atoms with Gasteiger partial charge in [-0.05, 0) is 61.6 Å². The largest absolute Gasteiger partial charge is 0.484 e. The van der Waals surface area contributed by atoms with Crippen molar-refractivity contribution in [2.24, 2.45) is 0 Å². The molecule has 4 heteroatoms. The summed E-state index contributed by atoms with van der Waals surface area (Å²) in [6, 6.07) is 9.79. The van der Waals surface area contributed by atoms with Crippen molar-refractivity contribution in [1.29, 1.82) is 0 Å². The van der Waals surface area contributed by atoms with Crippen LogP contribution in [0.5, 0.6) is 5.75 Å². The Balaban J connectivity index is 1.64. The van der Waals surface area contributed by atoms with Gasteiger partial charge in [0.2, 0.25) is 0 Å². The van der Waals surface area contributed by atoms with Crippen molar-refractivity contribution >= 4 is 5.91 Å². The maximum atomic E-state index is 11.7. The van der Waals surface area contributed by atoms with Gasteiger partial charge in [0.15, 0.2) is 6.61 Å². The standard InChI is InChI=1S/C18H22N2O2/c1-14-7-8-17(11-15(14)2)22-13-18(21)20-10-4-6-16-5-3-9-19-12-16/h3,5,7-9,11-12H,4,6,10,13H2,1-2H3,(H,20,21). The normalized spacial score (nSPS) is 10.3. The first-order chi connectivity index (χ1) is 10.6. The number of nitrogens with one attached hydrogen (secondary N) is 1. The number of benzene rings is 1. The lowest BCUT2D eigenvalue weighted by atomic mass is 10.1. The van der Waals surface area contributed by atoms with Crippen LogP contribution in [-0.4, -0.2) is 24.0 Å². The van der Waals surface area contributed by atoms with Gasteiger partial charge in [-0.3, -0.25) is 9.78 Å². The Labute approximate surface area is 131 Å². The molecule has 0 radical (unpaired) electrons. The summed E-state index contributed by atoms with van der Waals surface area (Å²) in [5.41, 5.74) is 3.56. The monoisotopic (exact) mass is 298 g/mol. The molecule has 0 spiro atoms. The molecule has 4 nitrogen and oxygen atoms in total. The summed E-state index contributed by atoms with van der Waals surface area (Å²) in [5.74, 6) is 0.637. The highest BCUT2D eigenvalue weighted by Crippen LogP contribution is 2.16. The highest BCUT2D eigenvalue weighted by atomic mass is 16.5. The molecule has 1 aromatic heterocycles. The van der Waals surface area contributed by atoms with Crippen molar-refractivity contribution in [1.82, 2.24) is 10.3 Å². The molecule has 0 unspecified atom stereocenters. The first kappa shape index (κ1) is 16.0. The zero-order valence-electron chi connectivity index (χ0n) is 13.1. The third-order valence-corrected chi connectivity index (χ3v) is 3.54. The third-order valence-electron chi connectivity index (χ3n) is 3.54. The number of carbonyl (C=O) groups excluding carboxylic acids is 1. The Morgan fingerprint density at radius 1 is 1.23 bits per heavy atom. The van der Waals surface area contributed by atoms with Gasteiger partial charge in [0, 0.05) is 18.9 Å². The van der Waals surface area contributed by atoms with E-state index in [-0.39, 0.29) is 12.5 Å². The molecule has 0 saturated heterocycles. The molecule has 1 N–H and O–H groups in total. The number of amides is 1. The Hall–Kier alpha value is -2.36. The molecule has 2 rings (SSSR count). The summed E-state index contributed by atoms with van der Waals surface area (Å²) in [7, 11) is 0. The number of aryl methyl sites for hydroxylation is 3. The molecule has 1 aromatic carbocycles. The van der Waals surface area contributed by atoms with Gasteiger partial charge in [-0.25, -0.2) is 0 Å². The van der Waals surface area contributed by atoms with E-state index in [4.69, 9.17) is 4.74 Å². The first-order valence-corrected chi connectivity index (χ1v) is 7.51. The highest BCUT2D eigenvalue weighted by Gasteiger charge is 2.03.